The third-order valence-electron chi connectivity index (χ3n) is 2.59. The Balaban J connectivity index is 2.15. The van der Waals surface area contributed by atoms with E-state index in [-0.39, 0.29) is 0 Å². The molecule has 0 spiro atoms. The molecule has 17 heavy (non-hydrogen) atoms. The minimum Gasteiger partial charge on any atom is -0.388 e. The molecule has 2 aromatic rings. The Morgan fingerprint density at radius 1 is 1.41 bits per heavy atom. The van der Waals surface area contributed by atoms with Gasteiger partial charge in [-0.25, -0.2) is 0 Å². The first-order valence-corrected chi connectivity index (χ1v) is 7.28. The molecule has 2 rings (SSSR count). The van der Waals surface area contributed by atoms with Crippen LogP contribution < -0.4 is 0 Å². The lowest BCUT2D eigenvalue weighted by molar-refractivity contribution is 0.179. The van der Waals surface area contributed by atoms with Gasteiger partial charge in [0.2, 0.25) is 0 Å². The number of aliphatic hydroxyl groups excluding tert-OH is 1. The van der Waals surface area contributed by atoms with E-state index in [1.54, 1.807) is 11.3 Å². The van der Waals surface area contributed by atoms with Crippen LogP contribution >= 0.6 is 38.9 Å². The molecule has 4 heteroatoms. The van der Waals surface area contributed by atoms with Crippen molar-refractivity contribution in [1.82, 2.24) is 0 Å². The molecule has 0 aliphatic heterocycles. The Labute approximate surface area is 118 Å². The number of hydrogen-bond donors (Lipinski definition) is 1. The normalized spacial score (nSPS) is 12.7. The van der Waals surface area contributed by atoms with Crippen LogP contribution in [-0.4, -0.2) is 5.11 Å². The summed E-state index contributed by atoms with van der Waals surface area (Å²) in [5.41, 5.74) is 3.04. The zero-order chi connectivity index (χ0) is 12.4. The molecule has 0 fully saturated rings. The number of benzene rings is 1. The van der Waals surface area contributed by atoms with E-state index in [0.29, 0.717) is 6.42 Å². The van der Waals surface area contributed by atoms with E-state index >= 15 is 0 Å². The van der Waals surface area contributed by atoms with Gasteiger partial charge in [0.15, 0.2) is 0 Å². The van der Waals surface area contributed by atoms with Crippen molar-refractivity contribution in [3.63, 3.8) is 0 Å². The number of halogens is 2. The molecule has 0 saturated carbocycles. The van der Waals surface area contributed by atoms with Crippen LogP contribution in [-0.2, 0) is 6.42 Å². The fourth-order valence-corrected chi connectivity index (χ4v) is 3.18. The highest BCUT2D eigenvalue weighted by atomic mass is 79.9. The number of aliphatic hydroxyl groups is 1. The van der Waals surface area contributed by atoms with E-state index in [0.717, 1.165) is 25.5 Å². The topological polar surface area (TPSA) is 20.2 Å². The summed E-state index contributed by atoms with van der Waals surface area (Å²) in [6.45, 7) is 2.00. The van der Waals surface area contributed by atoms with Gasteiger partial charge in [-0.3, -0.25) is 0 Å². The van der Waals surface area contributed by atoms with Crippen LogP contribution in [0.3, 0.4) is 0 Å². The molecule has 1 heterocycles. The Hall–Kier alpha value is -0.350. The maximum Gasteiger partial charge on any atom is 0.0839 e. The van der Waals surface area contributed by atoms with Gasteiger partial charge in [0.25, 0.3) is 0 Å². The lowest BCUT2D eigenvalue weighted by atomic mass is 10.0. The van der Waals surface area contributed by atoms with Crippen LogP contribution in [0, 0.1) is 6.92 Å². The third kappa shape index (κ3) is 3.32. The lowest BCUT2D eigenvalue weighted by Gasteiger charge is -2.10. The summed E-state index contributed by atoms with van der Waals surface area (Å²) in [7, 11) is 0. The standard InChI is InChI=1S/C13H12BrClOS/c1-8-2-3-9(11(15)4-8)5-12(16)10-6-13(14)17-7-10/h2-4,6-7,12,16H,5H2,1H3. The van der Waals surface area contributed by atoms with Gasteiger partial charge in [0, 0.05) is 11.4 Å². The molecule has 1 N–H and O–H groups in total. The highest BCUT2D eigenvalue weighted by Gasteiger charge is 2.12. The van der Waals surface area contributed by atoms with Crippen molar-refractivity contribution in [2.75, 3.05) is 0 Å². The van der Waals surface area contributed by atoms with Gasteiger partial charge in [0.1, 0.15) is 0 Å². The number of rotatable bonds is 3. The molecule has 1 unspecified atom stereocenters. The van der Waals surface area contributed by atoms with Gasteiger partial charge in [-0.05, 0) is 57.1 Å². The van der Waals surface area contributed by atoms with Crippen LogP contribution in [0.1, 0.15) is 22.8 Å². The van der Waals surface area contributed by atoms with E-state index in [2.05, 4.69) is 15.9 Å². The summed E-state index contributed by atoms with van der Waals surface area (Å²) in [5, 5.41) is 12.8. The average Bonchev–Trinajstić information content (AvgIpc) is 2.69. The van der Waals surface area contributed by atoms with Crippen molar-refractivity contribution in [2.24, 2.45) is 0 Å². The first kappa shape index (κ1) is 13.1. The molecule has 0 saturated heterocycles. The number of thiophene rings is 1. The average molecular weight is 332 g/mol. The molecule has 90 valence electrons. The summed E-state index contributed by atoms with van der Waals surface area (Å²) in [6, 6.07) is 7.85. The van der Waals surface area contributed by atoms with Crippen LogP contribution in [0.5, 0.6) is 0 Å². The van der Waals surface area contributed by atoms with Crippen molar-refractivity contribution in [1.29, 1.82) is 0 Å². The highest BCUT2D eigenvalue weighted by Crippen LogP contribution is 2.29. The van der Waals surface area contributed by atoms with E-state index in [1.165, 1.54) is 0 Å². The summed E-state index contributed by atoms with van der Waals surface area (Å²) in [5.74, 6) is 0. The van der Waals surface area contributed by atoms with E-state index in [1.807, 2.05) is 36.6 Å². The van der Waals surface area contributed by atoms with Gasteiger partial charge >= 0.3 is 0 Å². The SMILES string of the molecule is Cc1ccc(CC(O)c2csc(Br)c2)c(Cl)c1. The first-order chi connectivity index (χ1) is 8.06. The number of hydrogen-bond acceptors (Lipinski definition) is 2. The maximum atomic E-state index is 10.1. The van der Waals surface area contributed by atoms with Gasteiger partial charge in [-0.1, -0.05) is 23.7 Å². The highest BCUT2D eigenvalue weighted by molar-refractivity contribution is 9.11. The molecule has 0 aliphatic rings. The molecule has 0 amide bonds. The van der Waals surface area contributed by atoms with Gasteiger partial charge in [-0.15, -0.1) is 11.3 Å². The molecule has 1 aromatic carbocycles. The minimum atomic E-state index is -0.502. The Kier molecular flexibility index (Phi) is 4.26. The first-order valence-electron chi connectivity index (χ1n) is 5.23. The molecule has 0 bridgehead atoms. The minimum absolute atomic E-state index is 0.502. The van der Waals surface area contributed by atoms with E-state index < -0.39 is 6.10 Å². The molecule has 0 aliphatic carbocycles. The zero-order valence-electron chi connectivity index (χ0n) is 9.28. The molecule has 1 nitrogen and oxygen atoms in total. The molecule has 0 radical (unpaired) electrons. The largest absolute Gasteiger partial charge is 0.388 e. The monoisotopic (exact) mass is 330 g/mol. The van der Waals surface area contributed by atoms with Crippen molar-refractivity contribution in [3.05, 3.63) is 55.1 Å². The van der Waals surface area contributed by atoms with E-state index in [9.17, 15) is 5.11 Å². The smallest absolute Gasteiger partial charge is 0.0839 e. The van der Waals surface area contributed by atoms with Crippen molar-refractivity contribution in [3.8, 4) is 0 Å². The van der Waals surface area contributed by atoms with Gasteiger partial charge in [-0.2, -0.15) is 0 Å². The fraction of sp³-hybridized carbons (Fsp3) is 0.231. The number of aryl methyl sites for hydroxylation is 1. The summed E-state index contributed by atoms with van der Waals surface area (Å²) in [4.78, 5) is 0. The Bertz CT molecular complexity index is 524. The molecule has 1 aromatic heterocycles. The summed E-state index contributed by atoms with van der Waals surface area (Å²) < 4.78 is 1.03. The van der Waals surface area contributed by atoms with Gasteiger partial charge in [0.05, 0.1) is 9.89 Å². The van der Waals surface area contributed by atoms with E-state index in [4.69, 9.17) is 11.6 Å². The molecular weight excluding hydrogens is 320 g/mol. The predicted molar refractivity (Wildman–Crippen MR) is 76.9 cm³/mol. The van der Waals surface area contributed by atoms with Gasteiger partial charge < -0.3 is 5.11 Å². The second kappa shape index (κ2) is 5.53. The second-order valence-corrected chi connectivity index (χ2v) is 6.70. The second-order valence-electron chi connectivity index (χ2n) is 4.00. The van der Waals surface area contributed by atoms with Crippen LogP contribution in [0.15, 0.2) is 33.4 Å². The lowest BCUT2D eigenvalue weighted by Crippen LogP contribution is -2.01. The fourth-order valence-electron chi connectivity index (χ4n) is 1.64. The maximum absolute atomic E-state index is 10.1. The summed E-state index contributed by atoms with van der Waals surface area (Å²) >= 11 is 11.1. The summed E-state index contributed by atoms with van der Waals surface area (Å²) in [6.07, 6.45) is 0.0419. The van der Waals surface area contributed by atoms with Crippen LogP contribution in [0.25, 0.3) is 0 Å². The van der Waals surface area contributed by atoms with Crippen molar-refractivity contribution in [2.45, 2.75) is 19.4 Å². The molecule has 1 atom stereocenters. The van der Waals surface area contributed by atoms with Crippen molar-refractivity contribution < 1.29 is 5.11 Å². The molecular formula is C13H12BrClOS. The Morgan fingerprint density at radius 2 is 2.18 bits per heavy atom. The third-order valence-corrected chi connectivity index (χ3v) is 4.47. The zero-order valence-corrected chi connectivity index (χ0v) is 12.4. The van der Waals surface area contributed by atoms with Crippen molar-refractivity contribution >= 4 is 38.9 Å². The quantitative estimate of drug-likeness (QED) is 0.860. The van der Waals surface area contributed by atoms with Crippen LogP contribution in [0.4, 0.5) is 0 Å². The predicted octanol–water partition coefficient (Wildman–Crippen LogP) is 4.75. The Morgan fingerprint density at radius 3 is 2.76 bits per heavy atom. The van der Waals surface area contributed by atoms with Crippen LogP contribution in [0.2, 0.25) is 5.02 Å².